The highest BCUT2D eigenvalue weighted by Gasteiger charge is 2.15. The van der Waals surface area contributed by atoms with Crippen LogP contribution >= 0.6 is 11.3 Å². The molecule has 0 bridgehead atoms. The molecule has 2 heterocycles. The van der Waals surface area contributed by atoms with Crippen LogP contribution in [0.5, 0.6) is 0 Å². The van der Waals surface area contributed by atoms with Gasteiger partial charge in [-0.3, -0.25) is 4.55 Å². The molecule has 2 aromatic carbocycles. The van der Waals surface area contributed by atoms with Crippen LogP contribution in [0.2, 0.25) is 0 Å². The highest BCUT2D eigenvalue weighted by atomic mass is 32.2. The van der Waals surface area contributed by atoms with Crippen molar-refractivity contribution in [3.8, 4) is 22.3 Å². The molecule has 28 heavy (non-hydrogen) atoms. The molecule has 0 aliphatic heterocycles. The number of anilines is 2. The molecule has 6 nitrogen and oxygen atoms in total. The van der Waals surface area contributed by atoms with Crippen molar-refractivity contribution in [2.24, 2.45) is 0 Å². The van der Waals surface area contributed by atoms with Crippen molar-refractivity contribution in [1.82, 2.24) is 9.71 Å². The topological polar surface area (TPSA) is 114 Å². The van der Waals surface area contributed by atoms with Crippen LogP contribution in [0, 0.1) is 0 Å². The van der Waals surface area contributed by atoms with Gasteiger partial charge in [0.1, 0.15) is 5.82 Å². The predicted octanol–water partition coefficient (Wildman–Crippen LogP) is 4.02. The number of benzene rings is 2. The molecular formula is C20H18N4O2S2. The van der Waals surface area contributed by atoms with Gasteiger partial charge in [0.05, 0.1) is 0 Å². The number of thiophene rings is 1. The molecule has 0 aliphatic rings. The van der Waals surface area contributed by atoms with E-state index in [-0.39, 0.29) is 0 Å². The number of pyridine rings is 1. The summed E-state index contributed by atoms with van der Waals surface area (Å²) < 4.78 is 23.1. The molecule has 2 aromatic heterocycles. The monoisotopic (exact) mass is 410 g/mol. The summed E-state index contributed by atoms with van der Waals surface area (Å²) in [7, 11) is 0. The Morgan fingerprint density at radius 1 is 1.00 bits per heavy atom. The fraction of sp³-hybridized carbons (Fsp3) is 0.0500. The third-order valence-corrected chi connectivity index (χ3v) is 5.92. The van der Waals surface area contributed by atoms with Crippen LogP contribution in [0.4, 0.5) is 11.5 Å². The summed E-state index contributed by atoms with van der Waals surface area (Å²) in [6, 6.07) is 15.5. The quantitative estimate of drug-likeness (QED) is 0.293. The van der Waals surface area contributed by atoms with E-state index in [1.54, 1.807) is 17.5 Å². The second-order valence-electron chi connectivity index (χ2n) is 6.30. The molecule has 4 rings (SSSR count). The van der Waals surface area contributed by atoms with Crippen molar-refractivity contribution in [2.45, 2.75) is 6.54 Å². The minimum absolute atomic E-state index is 0.319. The summed E-state index contributed by atoms with van der Waals surface area (Å²) in [5, 5.41) is 3.03. The molecule has 4 aromatic rings. The number of fused-ring (bicyclic) bond motifs is 1. The zero-order chi connectivity index (χ0) is 19.7. The van der Waals surface area contributed by atoms with E-state index in [1.165, 1.54) is 0 Å². The van der Waals surface area contributed by atoms with Crippen molar-refractivity contribution < 1.29 is 8.76 Å². The van der Waals surface area contributed by atoms with Crippen LogP contribution in [0.25, 0.3) is 32.3 Å². The maximum atomic E-state index is 10.8. The zero-order valence-electron chi connectivity index (χ0n) is 14.8. The number of nitrogens with one attached hydrogen (secondary N) is 1. The summed E-state index contributed by atoms with van der Waals surface area (Å²) in [6.45, 7) is 0.319. The SMILES string of the molecule is Nc1ccc(-c2csc3c(-c4ccc(CNS(=O)O)cc4)cnc(N)c23)cc1. The van der Waals surface area contributed by atoms with Crippen LogP contribution in [-0.2, 0) is 17.8 Å². The van der Waals surface area contributed by atoms with Crippen molar-refractivity contribution >= 4 is 44.2 Å². The van der Waals surface area contributed by atoms with Gasteiger partial charge in [0.2, 0.25) is 11.3 Å². The van der Waals surface area contributed by atoms with E-state index in [9.17, 15) is 4.21 Å². The predicted molar refractivity (Wildman–Crippen MR) is 117 cm³/mol. The Balaban J connectivity index is 1.76. The Bertz CT molecular complexity index is 1160. The molecule has 1 atom stereocenters. The molecule has 0 amide bonds. The largest absolute Gasteiger partial charge is 0.399 e. The molecule has 0 radical (unpaired) electrons. The van der Waals surface area contributed by atoms with E-state index in [0.29, 0.717) is 12.4 Å². The van der Waals surface area contributed by atoms with Crippen molar-refractivity contribution in [3.63, 3.8) is 0 Å². The zero-order valence-corrected chi connectivity index (χ0v) is 16.4. The molecule has 0 saturated carbocycles. The Morgan fingerprint density at radius 3 is 2.32 bits per heavy atom. The van der Waals surface area contributed by atoms with Gasteiger partial charge in [0.25, 0.3) is 0 Å². The van der Waals surface area contributed by atoms with Gasteiger partial charge in [-0.15, -0.1) is 11.3 Å². The Kier molecular flexibility index (Phi) is 5.10. The second kappa shape index (κ2) is 7.69. The summed E-state index contributed by atoms with van der Waals surface area (Å²) >= 11 is -0.396. The highest BCUT2D eigenvalue weighted by molar-refractivity contribution is 7.77. The average molecular weight is 411 g/mol. The van der Waals surface area contributed by atoms with Crippen LogP contribution in [0.15, 0.2) is 60.1 Å². The summed E-state index contributed by atoms with van der Waals surface area (Å²) in [5.74, 6) is 0.498. The van der Waals surface area contributed by atoms with E-state index >= 15 is 0 Å². The van der Waals surface area contributed by atoms with E-state index in [2.05, 4.69) is 15.1 Å². The lowest BCUT2D eigenvalue weighted by Gasteiger charge is -2.08. The lowest BCUT2D eigenvalue weighted by molar-refractivity contribution is 0.548. The summed E-state index contributed by atoms with van der Waals surface area (Å²) in [6.07, 6.45) is 1.79. The van der Waals surface area contributed by atoms with Crippen molar-refractivity contribution in [1.29, 1.82) is 0 Å². The van der Waals surface area contributed by atoms with Crippen molar-refractivity contribution in [2.75, 3.05) is 11.5 Å². The Labute approximate surface area is 168 Å². The van der Waals surface area contributed by atoms with Crippen molar-refractivity contribution in [3.05, 3.63) is 65.7 Å². The van der Waals surface area contributed by atoms with Gasteiger partial charge in [-0.05, 0) is 34.2 Å². The smallest absolute Gasteiger partial charge is 0.232 e. The molecule has 0 fully saturated rings. The first-order valence-electron chi connectivity index (χ1n) is 8.48. The normalized spacial score (nSPS) is 12.3. The molecule has 8 heteroatoms. The van der Waals surface area contributed by atoms with Gasteiger partial charge in [0.15, 0.2) is 0 Å². The molecule has 0 spiro atoms. The number of hydrogen-bond acceptors (Lipinski definition) is 5. The van der Waals surface area contributed by atoms with Crippen LogP contribution in [-0.4, -0.2) is 13.7 Å². The number of nitrogens with two attached hydrogens (primary N) is 2. The van der Waals surface area contributed by atoms with Gasteiger partial charge in [0, 0.05) is 39.6 Å². The van der Waals surface area contributed by atoms with Crippen LogP contribution in [0.1, 0.15) is 5.56 Å². The lowest BCUT2D eigenvalue weighted by Crippen LogP contribution is -2.15. The van der Waals surface area contributed by atoms with Gasteiger partial charge < -0.3 is 11.5 Å². The first-order chi connectivity index (χ1) is 13.5. The Hall–Kier alpha value is -2.78. The standard InChI is InChI=1S/C20H18N4O2S2/c21-15-7-5-14(6-8-15)17-11-27-19-16(10-23-20(22)18(17)19)13-3-1-12(2-4-13)9-24-28(25)26/h1-8,10-11,24H,9,21H2,(H2,22,23)(H,25,26). The number of nitrogen functional groups attached to an aromatic ring is 2. The first kappa shape index (κ1) is 18.6. The van der Waals surface area contributed by atoms with Gasteiger partial charge in [-0.2, -0.15) is 0 Å². The first-order valence-corrected chi connectivity index (χ1v) is 10.5. The number of nitrogens with zero attached hydrogens (tertiary/aromatic N) is 1. The fourth-order valence-electron chi connectivity index (χ4n) is 3.10. The Morgan fingerprint density at radius 2 is 1.64 bits per heavy atom. The molecule has 0 saturated heterocycles. The molecule has 142 valence electrons. The third-order valence-electron chi connectivity index (χ3n) is 4.51. The number of rotatable bonds is 5. The number of aromatic nitrogens is 1. The molecule has 0 aliphatic carbocycles. The average Bonchev–Trinajstić information content (AvgIpc) is 3.14. The molecule has 1 unspecified atom stereocenters. The van der Waals surface area contributed by atoms with E-state index < -0.39 is 11.3 Å². The van der Waals surface area contributed by atoms with Gasteiger partial charge in [-0.1, -0.05) is 36.4 Å². The fourth-order valence-corrected chi connectivity index (χ4v) is 4.51. The summed E-state index contributed by atoms with van der Waals surface area (Å²) in [4.78, 5) is 4.42. The highest BCUT2D eigenvalue weighted by Crippen LogP contribution is 2.41. The van der Waals surface area contributed by atoms with E-state index in [1.807, 2.05) is 48.5 Å². The second-order valence-corrected chi connectivity index (χ2v) is 7.97. The van der Waals surface area contributed by atoms with Gasteiger partial charge >= 0.3 is 0 Å². The van der Waals surface area contributed by atoms with Gasteiger partial charge in [-0.25, -0.2) is 13.9 Å². The third kappa shape index (κ3) is 3.63. The van der Waals surface area contributed by atoms with Crippen LogP contribution in [0.3, 0.4) is 0 Å². The molecule has 6 N–H and O–H groups in total. The van der Waals surface area contributed by atoms with Crippen LogP contribution < -0.4 is 16.2 Å². The molecular weight excluding hydrogens is 392 g/mol. The summed E-state index contributed by atoms with van der Waals surface area (Å²) in [5.41, 5.74) is 17.8. The minimum Gasteiger partial charge on any atom is -0.399 e. The lowest BCUT2D eigenvalue weighted by atomic mass is 10.0. The van der Waals surface area contributed by atoms with E-state index in [4.69, 9.17) is 16.0 Å². The maximum absolute atomic E-state index is 10.8. The maximum Gasteiger partial charge on any atom is 0.232 e. The van der Waals surface area contributed by atoms with E-state index in [0.717, 1.165) is 43.6 Å². The minimum atomic E-state index is -2.03. The number of hydrogen-bond donors (Lipinski definition) is 4.